The number of hydrogen-bond donors (Lipinski definition) is 1. The van der Waals surface area contributed by atoms with Crippen LogP contribution in [0.1, 0.15) is 26.3 Å². The van der Waals surface area contributed by atoms with Crippen LogP contribution in [0.2, 0.25) is 0 Å². The summed E-state index contributed by atoms with van der Waals surface area (Å²) in [5.41, 5.74) is 6.10. The molecular formula is C14H20FNO3. The summed E-state index contributed by atoms with van der Waals surface area (Å²) in [5, 5.41) is 0. The molecule has 4 nitrogen and oxygen atoms in total. The molecule has 0 heterocycles. The van der Waals surface area contributed by atoms with Gasteiger partial charge < -0.3 is 15.2 Å². The van der Waals surface area contributed by atoms with Crippen molar-refractivity contribution in [2.24, 2.45) is 5.73 Å². The van der Waals surface area contributed by atoms with Crippen molar-refractivity contribution in [3.8, 4) is 5.75 Å². The highest BCUT2D eigenvalue weighted by molar-refractivity contribution is 5.76. The van der Waals surface area contributed by atoms with E-state index in [1.165, 1.54) is 0 Å². The Bertz CT molecular complexity index is 412. The largest absolute Gasteiger partial charge is 0.463 e. The number of nitrogens with two attached hydrogens (primary N) is 1. The number of carbonyl (C=O) groups excluding carboxylic acids is 1. The molecule has 0 fully saturated rings. The Labute approximate surface area is 112 Å². The van der Waals surface area contributed by atoms with Gasteiger partial charge in [0.2, 0.25) is 6.86 Å². The van der Waals surface area contributed by atoms with Gasteiger partial charge in [0, 0.05) is 0 Å². The SMILES string of the molecule is CC(C)(C)OC(=O)[C@H](N)Cc1ccc(OC[19F])cc1. The predicted octanol–water partition coefficient (Wildman–Crippen LogP) is 2.20. The molecule has 1 aromatic rings. The van der Waals surface area contributed by atoms with E-state index in [0.717, 1.165) is 5.56 Å². The van der Waals surface area contributed by atoms with Crippen LogP contribution in [-0.2, 0) is 16.0 Å². The summed E-state index contributed by atoms with van der Waals surface area (Å²) in [6.07, 6.45) is 0.366. The fourth-order valence-electron chi connectivity index (χ4n) is 1.50. The van der Waals surface area contributed by atoms with E-state index in [1.54, 1.807) is 45.0 Å². The first-order valence-electron chi connectivity index (χ1n) is 6.08. The Morgan fingerprint density at radius 1 is 1.32 bits per heavy atom. The third-order valence-electron chi connectivity index (χ3n) is 2.31. The van der Waals surface area contributed by atoms with Gasteiger partial charge in [0.05, 0.1) is 0 Å². The molecule has 0 saturated carbocycles. The van der Waals surface area contributed by atoms with Crippen molar-refractivity contribution in [2.45, 2.75) is 38.8 Å². The number of hydrogen-bond acceptors (Lipinski definition) is 4. The Hall–Kier alpha value is -1.62. The highest BCUT2D eigenvalue weighted by Crippen LogP contribution is 2.14. The first-order chi connectivity index (χ1) is 8.81. The molecule has 0 unspecified atom stereocenters. The predicted molar refractivity (Wildman–Crippen MR) is 70.6 cm³/mol. The Morgan fingerprint density at radius 3 is 2.37 bits per heavy atom. The maximum Gasteiger partial charge on any atom is 0.323 e. The van der Waals surface area contributed by atoms with E-state index in [9.17, 15) is 9.18 Å². The van der Waals surface area contributed by atoms with Gasteiger partial charge in [0.15, 0.2) is 0 Å². The van der Waals surface area contributed by atoms with Gasteiger partial charge in [0.25, 0.3) is 0 Å². The van der Waals surface area contributed by atoms with E-state index >= 15 is 0 Å². The third-order valence-corrected chi connectivity index (χ3v) is 2.31. The second kappa shape index (κ2) is 6.52. The fraction of sp³-hybridized carbons (Fsp3) is 0.500. The normalized spacial score (nSPS) is 12.9. The average Bonchev–Trinajstić information content (AvgIpc) is 2.29. The minimum atomic E-state index is -0.864. The summed E-state index contributed by atoms with van der Waals surface area (Å²) in [7, 11) is 0. The summed E-state index contributed by atoms with van der Waals surface area (Å²) in [6.45, 7) is 4.51. The number of benzene rings is 1. The molecule has 0 bridgehead atoms. The van der Waals surface area contributed by atoms with Crippen molar-refractivity contribution in [2.75, 3.05) is 6.86 Å². The van der Waals surface area contributed by atoms with E-state index in [4.69, 9.17) is 10.5 Å². The van der Waals surface area contributed by atoms with Gasteiger partial charge in [-0.3, -0.25) is 4.79 Å². The first kappa shape index (κ1) is 15.4. The smallest absolute Gasteiger partial charge is 0.323 e. The van der Waals surface area contributed by atoms with E-state index in [2.05, 4.69) is 4.74 Å². The lowest BCUT2D eigenvalue weighted by atomic mass is 10.1. The third kappa shape index (κ3) is 5.70. The number of rotatable bonds is 5. The molecule has 0 aromatic heterocycles. The maximum absolute atomic E-state index is 11.9. The van der Waals surface area contributed by atoms with E-state index in [0.29, 0.717) is 12.2 Å². The molecule has 19 heavy (non-hydrogen) atoms. The first-order valence-corrected chi connectivity index (χ1v) is 6.08. The van der Waals surface area contributed by atoms with Crippen molar-refractivity contribution in [1.29, 1.82) is 0 Å². The van der Waals surface area contributed by atoms with Crippen molar-refractivity contribution < 1.29 is 18.7 Å². The van der Waals surface area contributed by atoms with Crippen LogP contribution in [-0.4, -0.2) is 24.5 Å². The average molecular weight is 269 g/mol. The minimum Gasteiger partial charge on any atom is -0.463 e. The summed E-state index contributed by atoms with van der Waals surface area (Å²) in [5.74, 6) is 0.00803. The molecule has 0 spiro atoms. The highest BCUT2D eigenvalue weighted by atomic mass is 19.1. The van der Waals surface area contributed by atoms with Crippen LogP contribution >= 0.6 is 0 Å². The Morgan fingerprint density at radius 2 is 1.89 bits per heavy atom. The van der Waals surface area contributed by atoms with Crippen LogP contribution in [0, 0.1) is 0 Å². The van der Waals surface area contributed by atoms with Gasteiger partial charge in [-0.1, -0.05) is 12.1 Å². The summed E-state index contributed by atoms with van der Waals surface area (Å²) in [6, 6.07) is 6.05. The molecule has 106 valence electrons. The molecular weight excluding hydrogens is 249 g/mol. The van der Waals surface area contributed by atoms with Crippen LogP contribution in [0.3, 0.4) is 0 Å². The van der Waals surface area contributed by atoms with Crippen molar-refractivity contribution in [1.82, 2.24) is 0 Å². The topological polar surface area (TPSA) is 61.5 Å². The van der Waals surface area contributed by atoms with Crippen LogP contribution in [0.5, 0.6) is 5.75 Å². The zero-order chi connectivity index (χ0) is 14.5. The summed E-state index contributed by atoms with van der Waals surface area (Å²) >= 11 is 0. The Kier molecular flexibility index (Phi) is 5.30. The van der Waals surface area contributed by atoms with Crippen LogP contribution in [0.4, 0.5) is 4.39 Å². The van der Waals surface area contributed by atoms with Gasteiger partial charge in [0.1, 0.15) is 17.4 Å². The molecule has 1 aromatic carbocycles. The fourth-order valence-corrected chi connectivity index (χ4v) is 1.50. The number of esters is 1. The Balaban J connectivity index is 2.56. The molecule has 0 saturated heterocycles. The monoisotopic (exact) mass is 269 g/mol. The van der Waals surface area contributed by atoms with Gasteiger partial charge in [-0.05, 0) is 44.9 Å². The maximum atomic E-state index is 11.9. The molecule has 0 amide bonds. The van der Waals surface area contributed by atoms with Crippen molar-refractivity contribution >= 4 is 5.97 Å². The molecule has 1 rings (SSSR count). The van der Waals surface area contributed by atoms with E-state index in [-0.39, 0.29) is 0 Å². The van der Waals surface area contributed by atoms with Crippen LogP contribution in [0.25, 0.3) is 0 Å². The standard InChI is InChI=1S/C14H20FNO3/c1-14(2,3)19-13(17)12(16)8-10-4-6-11(7-5-10)18-9-15/h4-7,12H,8-9,16H2,1-3H3/t12-/m1/s1/i15+0. The van der Waals surface area contributed by atoms with Gasteiger partial charge in [-0.25, -0.2) is 4.39 Å². The van der Waals surface area contributed by atoms with Gasteiger partial charge in [-0.15, -0.1) is 0 Å². The van der Waals surface area contributed by atoms with Crippen LogP contribution in [0.15, 0.2) is 24.3 Å². The van der Waals surface area contributed by atoms with E-state index in [1.807, 2.05) is 0 Å². The lowest BCUT2D eigenvalue weighted by molar-refractivity contribution is -0.156. The molecule has 0 radical (unpaired) electrons. The van der Waals surface area contributed by atoms with Crippen molar-refractivity contribution in [3.05, 3.63) is 29.8 Å². The summed E-state index contributed by atoms with van der Waals surface area (Å²) < 4.78 is 21.8. The number of alkyl halides is 1. The molecule has 0 aliphatic rings. The lowest BCUT2D eigenvalue weighted by Crippen LogP contribution is -2.38. The molecule has 5 heteroatoms. The number of ether oxygens (including phenoxy) is 2. The number of halogens is 1. The van der Waals surface area contributed by atoms with Gasteiger partial charge >= 0.3 is 5.97 Å². The van der Waals surface area contributed by atoms with Gasteiger partial charge in [-0.2, -0.15) is 0 Å². The highest BCUT2D eigenvalue weighted by Gasteiger charge is 2.22. The number of carbonyl (C=O) groups is 1. The van der Waals surface area contributed by atoms with Crippen LogP contribution < -0.4 is 10.5 Å². The summed E-state index contributed by atoms with van der Waals surface area (Å²) in [4.78, 5) is 11.7. The quantitative estimate of drug-likeness (QED) is 0.832. The van der Waals surface area contributed by atoms with Crippen molar-refractivity contribution in [3.63, 3.8) is 0 Å². The molecule has 1 atom stereocenters. The second-order valence-electron chi connectivity index (χ2n) is 5.24. The minimum absolute atomic E-state index is 0.366. The zero-order valence-corrected chi connectivity index (χ0v) is 11.5. The zero-order valence-electron chi connectivity index (χ0n) is 11.5. The molecule has 2 N–H and O–H groups in total. The van der Waals surface area contributed by atoms with E-state index < -0.39 is 24.5 Å². The molecule has 0 aliphatic heterocycles. The second-order valence-corrected chi connectivity index (χ2v) is 5.24. The molecule has 0 aliphatic carbocycles. The lowest BCUT2D eigenvalue weighted by Gasteiger charge is -2.22.